The lowest BCUT2D eigenvalue weighted by Crippen LogP contribution is -2.24. The van der Waals surface area contributed by atoms with E-state index in [2.05, 4.69) is 16.6 Å². The SMILES string of the molecule is C=CCSc1ccccc1NC(=O)c1cc(S(=O)(=O)NCC)ccc1C. The Labute approximate surface area is 158 Å². The molecule has 1 amide bonds. The van der Waals surface area contributed by atoms with Gasteiger partial charge < -0.3 is 5.32 Å². The first-order valence-electron chi connectivity index (χ1n) is 8.13. The van der Waals surface area contributed by atoms with Crippen molar-refractivity contribution in [1.29, 1.82) is 0 Å². The molecule has 7 heteroatoms. The zero-order valence-electron chi connectivity index (χ0n) is 14.8. The van der Waals surface area contributed by atoms with E-state index in [9.17, 15) is 13.2 Å². The maximum absolute atomic E-state index is 12.7. The van der Waals surface area contributed by atoms with Crippen LogP contribution in [0, 0.1) is 6.92 Å². The summed E-state index contributed by atoms with van der Waals surface area (Å²) in [6, 6.07) is 12.0. The molecular weight excluding hydrogens is 368 g/mol. The molecule has 0 heterocycles. The van der Waals surface area contributed by atoms with Gasteiger partial charge in [0.15, 0.2) is 0 Å². The maximum atomic E-state index is 12.7. The summed E-state index contributed by atoms with van der Waals surface area (Å²) in [4.78, 5) is 13.7. The van der Waals surface area contributed by atoms with Gasteiger partial charge in [-0.25, -0.2) is 13.1 Å². The largest absolute Gasteiger partial charge is 0.321 e. The van der Waals surface area contributed by atoms with Crippen molar-refractivity contribution in [3.8, 4) is 0 Å². The van der Waals surface area contributed by atoms with Gasteiger partial charge in [0, 0.05) is 22.8 Å². The van der Waals surface area contributed by atoms with Crippen LogP contribution in [0.1, 0.15) is 22.8 Å². The number of aryl methyl sites for hydroxylation is 1. The zero-order valence-corrected chi connectivity index (χ0v) is 16.4. The Morgan fingerprint density at radius 2 is 1.96 bits per heavy atom. The van der Waals surface area contributed by atoms with E-state index in [0.717, 1.165) is 10.6 Å². The predicted octanol–water partition coefficient (Wildman–Crippen LogP) is 3.82. The molecule has 0 aliphatic carbocycles. The fourth-order valence-electron chi connectivity index (χ4n) is 2.32. The van der Waals surface area contributed by atoms with E-state index in [1.165, 1.54) is 12.1 Å². The summed E-state index contributed by atoms with van der Waals surface area (Å²) in [5, 5.41) is 2.88. The first-order valence-corrected chi connectivity index (χ1v) is 10.6. The highest BCUT2D eigenvalue weighted by molar-refractivity contribution is 7.99. The van der Waals surface area contributed by atoms with E-state index in [0.29, 0.717) is 16.8 Å². The number of anilines is 1. The number of sulfonamides is 1. The van der Waals surface area contributed by atoms with Gasteiger partial charge in [-0.3, -0.25) is 4.79 Å². The molecule has 0 aliphatic heterocycles. The van der Waals surface area contributed by atoms with E-state index in [4.69, 9.17) is 0 Å². The van der Waals surface area contributed by atoms with Gasteiger partial charge in [-0.05, 0) is 36.8 Å². The topological polar surface area (TPSA) is 75.3 Å². The van der Waals surface area contributed by atoms with Crippen LogP contribution >= 0.6 is 11.8 Å². The predicted molar refractivity (Wildman–Crippen MR) is 107 cm³/mol. The lowest BCUT2D eigenvalue weighted by molar-refractivity contribution is 0.102. The van der Waals surface area contributed by atoms with Gasteiger partial charge in [0.05, 0.1) is 10.6 Å². The van der Waals surface area contributed by atoms with Gasteiger partial charge in [-0.15, -0.1) is 18.3 Å². The second-order valence-electron chi connectivity index (χ2n) is 5.53. The Morgan fingerprint density at radius 1 is 1.23 bits per heavy atom. The van der Waals surface area contributed by atoms with Crippen molar-refractivity contribution in [2.75, 3.05) is 17.6 Å². The van der Waals surface area contributed by atoms with E-state index < -0.39 is 10.0 Å². The molecule has 138 valence electrons. The van der Waals surface area contributed by atoms with Crippen LogP contribution in [0.25, 0.3) is 0 Å². The lowest BCUT2D eigenvalue weighted by atomic mass is 10.1. The summed E-state index contributed by atoms with van der Waals surface area (Å²) >= 11 is 1.56. The van der Waals surface area contributed by atoms with E-state index in [1.807, 2.05) is 24.3 Å². The molecule has 0 radical (unpaired) electrons. The molecule has 5 nitrogen and oxygen atoms in total. The molecule has 2 rings (SSSR count). The van der Waals surface area contributed by atoms with Gasteiger partial charge in [0.1, 0.15) is 0 Å². The van der Waals surface area contributed by atoms with Crippen LogP contribution in [0.15, 0.2) is 64.9 Å². The first kappa shape index (κ1) is 20.2. The van der Waals surface area contributed by atoms with Gasteiger partial charge in [0.25, 0.3) is 5.91 Å². The molecule has 0 bridgehead atoms. The summed E-state index contributed by atoms with van der Waals surface area (Å²) in [5.41, 5.74) is 1.71. The number of nitrogens with one attached hydrogen (secondary N) is 2. The highest BCUT2D eigenvalue weighted by Crippen LogP contribution is 2.28. The van der Waals surface area contributed by atoms with Crippen molar-refractivity contribution in [2.24, 2.45) is 0 Å². The molecule has 2 N–H and O–H groups in total. The Kier molecular flexibility index (Phi) is 7.02. The first-order chi connectivity index (χ1) is 12.4. The summed E-state index contributed by atoms with van der Waals surface area (Å²) in [7, 11) is -3.62. The van der Waals surface area contributed by atoms with Crippen LogP contribution in [0.5, 0.6) is 0 Å². The number of amides is 1. The smallest absolute Gasteiger partial charge is 0.256 e. The summed E-state index contributed by atoms with van der Waals surface area (Å²) in [5.74, 6) is 0.380. The lowest BCUT2D eigenvalue weighted by Gasteiger charge is -2.13. The molecule has 0 aromatic heterocycles. The highest BCUT2D eigenvalue weighted by Gasteiger charge is 2.18. The summed E-state index contributed by atoms with van der Waals surface area (Å²) in [6.45, 7) is 7.47. The fraction of sp³-hybridized carbons (Fsp3) is 0.211. The molecule has 0 atom stereocenters. The minimum atomic E-state index is -3.62. The van der Waals surface area contributed by atoms with Gasteiger partial charge in [-0.2, -0.15) is 0 Å². The monoisotopic (exact) mass is 390 g/mol. The molecule has 0 aliphatic rings. The molecule has 0 saturated heterocycles. The number of carbonyl (C=O) groups is 1. The van der Waals surface area contributed by atoms with Crippen LogP contribution in [-0.2, 0) is 10.0 Å². The van der Waals surface area contributed by atoms with Crippen LogP contribution in [-0.4, -0.2) is 26.6 Å². The van der Waals surface area contributed by atoms with E-state index >= 15 is 0 Å². The third kappa shape index (κ3) is 4.97. The Bertz CT molecular complexity index is 909. The molecule has 2 aromatic carbocycles. The number of rotatable bonds is 8. The Balaban J connectivity index is 2.32. The molecule has 0 spiro atoms. The quantitative estimate of drug-likeness (QED) is 0.531. The molecule has 0 saturated carbocycles. The van der Waals surface area contributed by atoms with Crippen LogP contribution in [0.4, 0.5) is 5.69 Å². The van der Waals surface area contributed by atoms with Crippen LogP contribution in [0.2, 0.25) is 0 Å². The molecule has 0 fully saturated rings. The highest BCUT2D eigenvalue weighted by atomic mass is 32.2. The van der Waals surface area contributed by atoms with E-state index in [1.54, 1.807) is 37.8 Å². The molecular formula is C19H22N2O3S2. The number of para-hydroxylation sites is 1. The van der Waals surface area contributed by atoms with Crippen LogP contribution < -0.4 is 10.0 Å². The summed E-state index contributed by atoms with van der Waals surface area (Å²) in [6.07, 6.45) is 1.79. The van der Waals surface area contributed by atoms with Crippen molar-refractivity contribution in [3.05, 3.63) is 66.2 Å². The number of benzene rings is 2. The van der Waals surface area contributed by atoms with E-state index in [-0.39, 0.29) is 17.3 Å². The molecule has 2 aromatic rings. The number of thioether (sulfide) groups is 1. The average Bonchev–Trinajstić information content (AvgIpc) is 2.61. The number of hydrogen-bond acceptors (Lipinski definition) is 4. The standard InChI is InChI=1S/C19H22N2O3S2/c1-4-12-25-18-9-7-6-8-17(18)21-19(22)16-13-15(11-10-14(16)3)26(23,24)20-5-2/h4,6-11,13,20H,1,5,12H2,2-3H3,(H,21,22). The van der Waals surface area contributed by atoms with Crippen LogP contribution in [0.3, 0.4) is 0 Å². The summed E-state index contributed by atoms with van der Waals surface area (Å²) < 4.78 is 26.8. The third-order valence-electron chi connectivity index (χ3n) is 3.59. The van der Waals surface area contributed by atoms with Crippen molar-refractivity contribution in [2.45, 2.75) is 23.6 Å². The molecule has 0 unspecified atom stereocenters. The van der Waals surface area contributed by atoms with Crippen molar-refractivity contribution >= 4 is 33.4 Å². The zero-order chi connectivity index (χ0) is 19.2. The maximum Gasteiger partial charge on any atom is 0.256 e. The molecule has 26 heavy (non-hydrogen) atoms. The second-order valence-corrected chi connectivity index (χ2v) is 8.36. The second kappa shape index (κ2) is 9.02. The minimum Gasteiger partial charge on any atom is -0.321 e. The number of hydrogen-bond donors (Lipinski definition) is 2. The fourth-order valence-corrected chi connectivity index (χ4v) is 4.13. The van der Waals surface area contributed by atoms with Crippen molar-refractivity contribution < 1.29 is 13.2 Å². The van der Waals surface area contributed by atoms with Gasteiger partial charge in [0.2, 0.25) is 10.0 Å². The van der Waals surface area contributed by atoms with Gasteiger partial charge in [-0.1, -0.05) is 31.2 Å². The van der Waals surface area contributed by atoms with Gasteiger partial charge >= 0.3 is 0 Å². The Morgan fingerprint density at radius 3 is 2.65 bits per heavy atom. The average molecular weight is 391 g/mol. The van der Waals surface area contributed by atoms with Crippen molar-refractivity contribution in [3.63, 3.8) is 0 Å². The Hall–Kier alpha value is -2.09. The van der Waals surface area contributed by atoms with Crippen molar-refractivity contribution in [1.82, 2.24) is 4.72 Å². The minimum absolute atomic E-state index is 0.0735. The number of carbonyl (C=O) groups excluding carboxylic acids is 1. The normalized spacial score (nSPS) is 11.2. The third-order valence-corrected chi connectivity index (χ3v) is 6.20.